The summed E-state index contributed by atoms with van der Waals surface area (Å²) in [5.74, 6) is 0.376. The Hall–Kier alpha value is -3.06. The van der Waals surface area contributed by atoms with Gasteiger partial charge in [0.25, 0.3) is 5.91 Å². The number of ether oxygens (including phenoxy) is 4. The highest BCUT2D eigenvalue weighted by Gasteiger charge is 2.08. The first-order valence-corrected chi connectivity index (χ1v) is 7.95. The van der Waals surface area contributed by atoms with Crippen molar-refractivity contribution in [3.8, 4) is 11.5 Å². The van der Waals surface area contributed by atoms with Gasteiger partial charge < -0.3 is 24.3 Å². The van der Waals surface area contributed by atoms with E-state index in [1.807, 2.05) is 0 Å². The smallest absolute Gasteiger partial charge is 0.338 e. The average molecular weight is 359 g/mol. The van der Waals surface area contributed by atoms with Crippen LogP contribution in [0, 0.1) is 0 Å². The second kappa shape index (κ2) is 10.0. The molecule has 0 atom stereocenters. The second-order valence-corrected chi connectivity index (χ2v) is 5.22. The summed E-state index contributed by atoms with van der Waals surface area (Å²) in [6.45, 7) is 0.377. The van der Waals surface area contributed by atoms with E-state index in [1.165, 1.54) is 7.11 Å². The minimum absolute atomic E-state index is 0.158. The molecule has 7 heteroatoms. The summed E-state index contributed by atoms with van der Waals surface area (Å²) in [5, 5.41) is 2.72. The highest BCUT2D eigenvalue weighted by Crippen LogP contribution is 2.17. The van der Waals surface area contributed by atoms with Crippen LogP contribution in [0.3, 0.4) is 0 Å². The average Bonchev–Trinajstić information content (AvgIpc) is 2.67. The van der Waals surface area contributed by atoms with Crippen LogP contribution in [0.4, 0.5) is 5.69 Å². The number of benzene rings is 2. The molecule has 7 nitrogen and oxygen atoms in total. The van der Waals surface area contributed by atoms with E-state index >= 15 is 0 Å². The van der Waals surface area contributed by atoms with Gasteiger partial charge in [0.2, 0.25) is 0 Å². The van der Waals surface area contributed by atoms with E-state index in [0.29, 0.717) is 29.4 Å². The second-order valence-electron chi connectivity index (χ2n) is 5.22. The third-order valence-electron chi connectivity index (χ3n) is 3.33. The Bertz CT molecular complexity index is 729. The summed E-state index contributed by atoms with van der Waals surface area (Å²) >= 11 is 0. The highest BCUT2D eigenvalue weighted by atomic mass is 16.6. The van der Waals surface area contributed by atoms with Crippen LogP contribution in [0.2, 0.25) is 0 Å². The fraction of sp³-hybridized carbons (Fsp3) is 0.263. The fourth-order valence-corrected chi connectivity index (χ4v) is 2.04. The lowest BCUT2D eigenvalue weighted by Gasteiger charge is -2.09. The van der Waals surface area contributed by atoms with E-state index in [0.717, 1.165) is 0 Å². The van der Waals surface area contributed by atoms with E-state index in [4.69, 9.17) is 18.9 Å². The Morgan fingerprint density at radius 1 is 0.962 bits per heavy atom. The van der Waals surface area contributed by atoms with Crippen molar-refractivity contribution < 1.29 is 28.5 Å². The number of carbonyl (C=O) groups is 2. The molecule has 2 aromatic rings. The zero-order valence-corrected chi connectivity index (χ0v) is 14.7. The van der Waals surface area contributed by atoms with Crippen LogP contribution in [0.25, 0.3) is 0 Å². The Labute approximate surface area is 151 Å². The van der Waals surface area contributed by atoms with Crippen LogP contribution < -0.4 is 14.8 Å². The van der Waals surface area contributed by atoms with Crippen molar-refractivity contribution in [2.24, 2.45) is 0 Å². The molecule has 2 rings (SSSR count). The molecule has 2 aromatic carbocycles. The summed E-state index contributed by atoms with van der Waals surface area (Å²) in [6, 6.07) is 13.4. The summed E-state index contributed by atoms with van der Waals surface area (Å²) in [6.07, 6.45) is 0. The maximum atomic E-state index is 11.9. The molecule has 0 aliphatic carbocycles. The van der Waals surface area contributed by atoms with Crippen LogP contribution in [-0.2, 0) is 14.3 Å². The van der Waals surface area contributed by atoms with Gasteiger partial charge in [-0.2, -0.15) is 0 Å². The third kappa shape index (κ3) is 6.10. The standard InChI is InChI=1S/C19H21NO6/c1-23-10-11-25-19(22)14-6-8-16(9-7-14)26-13-18(21)20-15-4-3-5-17(12-15)24-2/h3-9,12H,10-11,13H2,1-2H3,(H,20,21). The number of methoxy groups -OCH3 is 2. The van der Waals surface area contributed by atoms with Gasteiger partial charge in [-0.25, -0.2) is 4.79 Å². The molecule has 1 N–H and O–H groups in total. The van der Waals surface area contributed by atoms with Crippen LogP contribution >= 0.6 is 0 Å². The number of rotatable bonds is 9. The minimum atomic E-state index is -0.440. The van der Waals surface area contributed by atoms with Crippen molar-refractivity contribution in [1.29, 1.82) is 0 Å². The molecule has 26 heavy (non-hydrogen) atoms. The molecule has 0 fully saturated rings. The lowest BCUT2D eigenvalue weighted by molar-refractivity contribution is -0.118. The van der Waals surface area contributed by atoms with Gasteiger partial charge in [0.15, 0.2) is 6.61 Å². The molecule has 0 aliphatic rings. The lowest BCUT2D eigenvalue weighted by atomic mass is 10.2. The molecule has 0 aliphatic heterocycles. The first kappa shape index (κ1) is 19.3. The number of carbonyl (C=O) groups excluding carboxylic acids is 2. The van der Waals surface area contributed by atoms with Crippen molar-refractivity contribution in [1.82, 2.24) is 0 Å². The molecule has 0 radical (unpaired) electrons. The monoisotopic (exact) mass is 359 g/mol. The zero-order valence-electron chi connectivity index (χ0n) is 14.7. The molecule has 0 spiro atoms. The maximum Gasteiger partial charge on any atom is 0.338 e. The largest absolute Gasteiger partial charge is 0.497 e. The topological polar surface area (TPSA) is 83.1 Å². The van der Waals surface area contributed by atoms with Gasteiger partial charge in [-0.05, 0) is 36.4 Å². The SMILES string of the molecule is COCCOC(=O)c1ccc(OCC(=O)Nc2cccc(OC)c2)cc1. The van der Waals surface area contributed by atoms with Crippen molar-refractivity contribution >= 4 is 17.6 Å². The lowest BCUT2D eigenvalue weighted by Crippen LogP contribution is -2.20. The summed E-state index contributed by atoms with van der Waals surface area (Å²) in [4.78, 5) is 23.7. The van der Waals surface area contributed by atoms with Crippen molar-refractivity contribution in [3.05, 3.63) is 54.1 Å². The first-order chi connectivity index (χ1) is 12.6. The summed E-state index contributed by atoms with van der Waals surface area (Å²) < 4.78 is 20.3. The Morgan fingerprint density at radius 3 is 2.42 bits per heavy atom. The van der Waals surface area contributed by atoms with Crippen LogP contribution in [0.1, 0.15) is 10.4 Å². The molecule has 0 saturated carbocycles. The van der Waals surface area contributed by atoms with Crippen LogP contribution in [-0.4, -0.2) is 45.9 Å². The first-order valence-electron chi connectivity index (χ1n) is 7.95. The van der Waals surface area contributed by atoms with E-state index < -0.39 is 5.97 Å². The maximum absolute atomic E-state index is 11.9. The van der Waals surface area contributed by atoms with Crippen molar-refractivity contribution in [2.75, 3.05) is 39.4 Å². The van der Waals surface area contributed by atoms with E-state index in [-0.39, 0.29) is 19.1 Å². The molecule has 0 heterocycles. The number of esters is 1. The van der Waals surface area contributed by atoms with Crippen LogP contribution in [0.5, 0.6) is 11.5 Å². The Balaban J connectivity index is 1.81. The van der Waals surface area contributed by atoms with Gasteiger partial charge in [0.1, 0.15) is 18.1 Å². The summed E-state index contributed by atoms with van der Waals surface area (Å²) in [7, 11) is 3.09. The van der Waals surface area contributed by atoms with Crippen molar-refractivity contribution in [2.45, 2.75) is 0 Å². The van der Waals surface area contributed by atoms with Gasteiger partial charge in [-0.3, -0.25) is 4.79 Å². The molecule has 138 valence electrons. The van der Waals surface area contributed by atoms with Gasteiger partial charge in [-0.15, -0.1) is 0 Å². The van der Waals surface area contributed by atoms with E-state index in [9.17, 15) is 9.59 Å². The minimum Gasteiger partial charge on any atom is -0.497 e. The molecular formula is C19H21NO6. The molecule has 1 amide bonds. The quantitative estimate of drug-likeness (QED) is 0.547. The Morgan fingerprint density at radius 2 is 1.73 bits per heavy atom. The van der Waals surface area contributed by atoms with Gasteiger partial charge in [-0.1, -0.05) is 6.07 Å². The van der Waals surface area contributed by atoms with E-state index in [1.54, 1.807) is 55.6 Å². The van der Waals surface area contributed by atoms with Gasteiger partial charge >= 0.3 is 5.97 Å². The molecule has 0 unspecified atom stereocenters. The third-order valence-corrected chi connectivity index (χ3v) is 3.33. The highest BCUT2D eigenvalue weighted by molar-refractivity contribution is 5.92. The number of anilines is 1. The fourth-order valence-electron chi connectivity index (χ4n) is 2.04. The summed E-state index contributed by atoms with van der Waals surface area (Å²) in [5.41, 5.74) is 1.02. The van der Waals surface area contributed by atoms with Gasteiger partial charge in [0, 0.05) is 18.9 Å². The van der Waals surface area contributed by atoms with Crippen LogP contribution in [0.15, 0.2) is 48.5 Å². The van der Waals surface area contributed by atoms with E-state index in [2.05, 4.69) is 5.32 Å². The molecule has 0 bridgehead atoms. The number of hydrogen-bond donors (Lipinski definition) is 1. The molecule has 0 saturated heterocycles. The number of nitrogens with one attached hydrogen (secondary N) is 1. The predicted molar refractivity (Wildman–Crippen MR) is 95.7 cm³/mol. The molecule has 0 aromatic heterocycles. The Kier molecular flexibility index (Phi) is 7.45. The normalized spacial score (nSPS) is 10.1. The number of amides is 1. The molecular weight excluding hydrogens is 338 g/mol. The van der Waals surface area contributed by atoms with Crippen molar-refractivity contribution in [3.63, 3.8) is 0 Å². The zero-order chi connectivity index (χ0) is 18.8. The van der Waals surface area contributed by atoms with Gasteiger partial charge in [0.05, 0.1) is 19.3 Å². The predicted octanol–water partition coefficient (Wildman–Crippen LogP) is 2.52. The number of hydrogen-bond acceptors (Lipinski definition) is 6.